The summed E-state index contributed by atoms with van der Waals surface area (Å²) in [6.07, 6.45) is -0.635. The summed E-state index contributed by atoms with van der Waals surface area (Å²) in [7, 11) is 0. The SMILES string of the molecule is CCNC(=O)C(C)Oc1ccc(Br)cc1C(C)=O. The van der Waals surface area contributed by atoms with Crippen molar-refractivity contribution in [1.82, 2.24) is 5.32 Å². The number of hydrogen-bond donors (Lipinski definition) is 1. The highest BCUT2D eigenvalue weighted by Crippen LogP contribution is 2.24. The first-order valence-corrected chi connectivity index (χ1v) is 6.49. The fourth-order valence-corrected chi connectivity index (χ4v) is 1.80. The van der Waals surface area contributed by atoms with Crippen molar-refractivity contribution in [3.05, 3.63) is 28.2 Å². The molecule has 1 aromatic rings. The minimum absolute atomic E-state index is 0.102. The van der Waals surface area contributed by atoms with Gasteiger partial charge in [-0.3, -0.25) is 9.59 Å². The lowest BCUT2D eigenvalue weighted by Gasteiger charge is -2.16. The largest absolute Gasteiger partial charge is 0.480 e. The Labute approximate surface area is 115 Å². The van der Waals surface area contributed by atoms with Crippen molar-refractivity contribution in [2.75, 3.05) is 6.54 Å². The monoisotopic (exact) mass is 313 g/mol. The molecule has 0 fully saturated rings. The van der Waals surface area contributed by atoms with Gasteiger partial charge in [0.15, 0.2) is 11.9 Å². The molecule has 0 heterocycles. The summed E-state index contributed by atoms with van der Waals surface area (Å²) in [5.41, 5.74) is 0.459. The second kappa shape index (κ2) is 6.54. The number of rotatable bonds is 5. The molecule has 1 atom stereocenters. The fourth-order valence-electron chi connectivity index (χ4n) is 1.44. The van der Waals surface area contributed by atoms with E-state index in [1.54, 1.807) is 25.1 Å². The number of ketones is 1. The molecule has 18 heavy (non-hydrogen) atoms. The van der Waals surface area contributed by atoms with E-state index in [9.17, 15) is 9.59 Å². The number of carbonyl (C=O) groups excluding carboxylic acids is 2. The standard InChI is InChI=1S/C13H16BrNO3/c1-4-15-13(17)9(3)18-12-6-5-10(14)7-11(12)8(2)16/h5-7,9H,4H2,1-3H3,(H,15,17). The molecule has 0 aliphatic rings. The molecule has 1 amide bonds. The zero-order chi connectivity index (χ0) is 13.7. The minimum atomic E-state index is -0.635. The van der Waals surface area contributed by atoms with Crippen LogP contribution in [0.15, 0.2) is 22.7 Å². The van der Waals surface area contributed by atoms with Gasteiger partial charge in [-0.2, -0.15) is 0 Å². The first kappa shape index (κ1) is 14.7. The van der Waals surface area contributed by atoms with Crippen LogP contribution in [0.3, 0.4) is 0 Å². The summed E-state index contributed by atoms with van der Waals surface area (Å²) in [5.74, 6) is 0.119. The molecule has 0 saturated heterocycles. The highest BCUT2D eigenvalue weighted by Gasteiger charge is 2.17. The molecule has 98 valence electrons. The Morgan fingerprint density at radius 2 is 2.11 bits per heavy atom. The van der Waals surface area contributed by atoms with E-state index < -0.39 is 6.10 Å². The van der Waals surface area contributed by atoms with Crippen LogP contribution < -0.4 is 10.1 Å². The third-order valence-corrected chi connectivity index (χ3v) is 2.84. The van der Waals surface area contributed by atoms with Gasteiger partial charge in [-0.1, -0.05) is 15.9 Å². The number of hydrogen-bond acceptors (Lipinski definition) is 3. The van der Waals surface area contributed by atoms with Gasteiger partial charge in [0, 0.05) is 11.0 Å². The van der Waals surface area contributed by atoms with E-state index >= 15 is 0 Å². The van der Waals surface area contributed by atoms with Crippen LogP contribution in [0.1, 0.15) is 31.1 Å². The van der Waals surface area contributed by atoms with E-state index in [0.29, 0.717) is 17.9 Å². The van der Waals surface area contributed by atoms with Gasteiger partial charge in [0.1, 0.15) is 5.75 Å². The van der Waals surface area contributed by atoms with Crippen molar-refractivity contribution in [1.29, 1.82) is 0 Å². The second-order valence-electron chi connectivity index (χ2n) is 3.85. The van der Waals surface area contributed by atoms with Crippen LogP contribution in [0.25, 0.3) is 0 Å². The van der Waals surface area contributed by atoms with Crippen LogP contribution in [0.4, 0.5) is 0 Å². The molecular formula is C13H16BrNO3. The van der Waals surface area contributed by atoms with E-state index in [2.05, 4.69) is 21.2 Å². The fraction of sp³-hybridized carbons (Fsp3) is 0.385. The normalized spacial score (nSPS) is 11.8. The number of ether oxygens (including phenoxy) is 1. The van der Waals surface area contributed by atoms with Gasteiger partial charge in [-0.25, -0.2) is 0 Å². The topological polar surface area (TPSA) is 55.4 Å². The Morgan fingerprint density at radius 1 is 1.44 bits per heavy atom. The average Bonchev–Trinajstić information content (AvgIpc) is 2.31. The molecule has 0 radical (unpaired) electrons. The van der Waals surface area contributed by atoms with Crippen molar-refractivity contribution < 1.29 is 14.3 Å². The lowest BCUT2D eigenvalue weighted by atomic mass is 10.1. The quantitative estimate of drug-likeness (QED) is 0.850. The summed E-state index contributed by atoms with van der Waals surface area (Å²) in [4.78, 5) is 23.1. The Morgan fingerprint density at radius 3 is 2.67 bits per heavy atom. The maximum Gasteiger partial charge on any atom is 0.260 e. The smallest absolute Gasteiger partial charge is 0.260 e. The lowest BCUT2D eigenvalue weighted by molar-refractivity contribution is -0.127. The van der Waals surface area contributed by atoms with Crippen LogP contribution in [0.2, 0.25) is 0 Å². The van der Waals surface area contributed by atoms with Crippen LogP contribution in [0.5, 0.6) is 5.75 Å². The van der Waals surface area contributed by atoms with Crippen LogP contribution >= 0.6 is 15.9 Å². The molecular weight excluding hydrogens is 298 g/mol. The highest BCUT2D eigenvalue weighted by molar-refractivity contribution is 9.10. The van der Waals surface area contributed by atoms with Crippen LogP contribution in [0, 0.1) is 0 Å². The first-order chi connectivity index (χ1) is 8.45. The van der Waals surface area contributed by atoms with E-state index in [-0.39, 0.29) is 11.7 Å². The molecule has 1 N–H and O–H groups in total. The number of Topliss-reactive ketones (excluding diaryl/α,β-unsaturated/α-hetero) is 1. The number of likely N-dealkylation sites (N-methyl/N-ethyl adjacent to an activating group) is 1. The Kier molecular flexibility index (Phi) is 5.34. The van der Waals surface area contributed by atoms with Crippen LogP contribution in [-0.4, -0.2) is 24.3 Å². The van der Waals surface area contributed by atoms with Gasteiger partial charge >= 0.3 is 0 Å². The number of nitrogens with one attached hydrogen (secondary N) is 1. The maximum atomic E-state index is 11.6. The zero-order valence-electron chi connectivity index (χ0n) is 10.6. The van der Waals surface area contributed by atoms with Crippen LogP contribution in [-0.2, 0) is 4.79 Å². The van der Waals surface area contributed by atoms with Gasteiger partial charge in [0.05, 0.1) is 5.56 Å². The van der Waals surface area contributed by atoms with Gasteiger partial charge in [0.2, 0.25) is 0 Å². The average molecular weight is 314 g/mol. The van der Waals surface area contributed by atoms with Gasteiger partial charge in [-0.15, -0.1) is 0 Å². The molecule has 0 aromatic heterocycles. The second-order valence-corrected chi connectivity index (χ2v) is 4.77. The van der Waals surface area contributed by atoms with Crippen molar-refractivity contribution in [2.45, 2.75) is 26.9 Å². The van der Waals surface area contributed by atoms with E-state index in [1.165, 1.54) is 6.92 Å². The summed E-state index contributed by atoms with van der Waals surface area (Å²) in [5, 5.41) is 2.67. The van der Waals surface area contributed by atoms with E-state index in [0.717, 1.165) is 4.47 Å². The Bertz CT molecular complexity index is 460. The predicted molar refractivity (Wildman–Crippen MR) is 72.9 cm³/mol. The molecule has 1 rings (SSSR count). The summed E-state index contributed by atoms with van der Waals surface area (Å²) in [6, 6.07) is 5.13. The van der Waals surface area contributed by atoms with Gasteiger partial charge in [-0.05, 0) is 39.0 Å². The van der Waals surface area contributed by atoms with Gasteiger partial charge < -0.3 is 10.1 Å². The first-order valence-electron chi connectivity index (χ1n) is 5.70. The molecule has 4 nitrogen and oxygen atoms in total. The van der Waals surface area contributed by atoms with Gasteiger partial charge in [0.25, 0.3) is 5.91 Å². The molecule has 5 heteroatoms. The number of carbonyl (C=O) groups is 2. The summed E-state index contributed by atoms with van der Waals surface area (Å²) >= 11 is 3.30. The van der Waals surface area contributed by atoms with Crippen molar-refractivity contribution in [3.63, 3.8) is 0 Å². The molecule has 0 saturated carbocycles. The molecule has 0 aliphatic heterocycles. The third kappa shape index (κ3) is 3.84. The molecule has 0 aliphatic carbocycles. The highest BCUT2D eigenvalue weighted by atomic mass is 79.9. The minimum Gasteiger partial charge on any atom is -0.480 e. The number of halogens is 1. The molecule has 0 spiro atoms. The Balaban J connectivity index is 2.90. The number of amides is 1. The zero-order valence-corrected chi connectivity index (χ0v) is 12.2. The maximum absolute atomic E-state index is 11.6. The molecule has 1 aromatic carbocycles. The van der Waals surface area contributed by atoms with Crippen molar-refractivity contribution in [2.24, 2.45) is 0 Å². The van der Waals surface area contributed by atoms with E-state index in [1.807, 2.05) is 6.92 Å². The Hall–Kier alpha value is -1.36. The summed E-state index contributed by atoms with van der Waals surface area (Å²) in [6.45, 7) is 5.50. The third-order valence-electron chi connectivity index (χ3n) is 2.34. The lowest BCUT2D eigenvalue weighted by Crippen LogP contribution is -2.36. The predicted octanol–water partition coefficient (Wildman–Crippen LogP) is 2.56. The molecule has 0 bridgehead atoms. The van der Waals surface area contributed by atoms with Crippen molar-refractivity contribution in [3.8, 4) is 5.75 Å². The summed E-state index contributed by atoms with van der Waals surface area (Å²) < 4.78 is 6.32. The molecule has 1 unspecified atom stereocenters. The number of benzene rings is 1. The van der Waals surface area contributed by atoms with Crippen molar-refractivity contribution >= 4 is 27.6 Å². The van der Waals surface area contributed by atoms with E-state index in [4.69, 9.17) is 4.74 Å².